The first-order chi connectivity index (χ1) is 17.4. The van der Waals surface area contributed by atoms with E-state index in [0.29, 0.717) is 32.6 Å². The number of aromatic nitrogens is 3. The maximum absolute atomic E-state index is 12.9. The van der Waals surface area contributed by atoms with Crippen molar-refractivity contribution in [3.8, 4) is 17.0 Å². The number of nitrogens with one attached hydrogen (secondary N) is 1. The molecule has 2 aromatic heterocycles. The lowest BCUT2D eigenvalue weighted by Gasteiger charge is -2.07. The molecule has 0 fully saturated rings. The van der Waals surface area contributed by atoms with Crippen LogP contribution in [0.25, 0.3) is 28.0 Å². The van der Waals surface area contributed by atoms with Gasteiger partial charge in [0.05, 0.1) is 10.7 Å². The highest BCUT2D eigenvalue weighted by Crippen LogP contribution is 2.32. The van der Waals surface area contributed by atoms with Gasteiger partial charge in [0.25, 0.3) is 5.91 Å². The van der Waals surface area contributed by atoms with Crippen molar-refractivity contribution in [3.05, 3.63) is 93.7 Å². The fraction of sp³-hybridized carbons (Fsp3) is 0.179. The Morgan fingerprint density at radius 2 is 1.72 bits per heavy atom. The zero-order valence-corrected chi connectivity index (χ0v) is 21.4. The average molecular weight is 519 g/mol. The molecular weight excluding hydrogens is 495 g/mol. The summed E-state index contributed by atoms with van der Waals surface area (Å²) >= 11 is 12.2. The van der Waals surface area contributed by atoms with Crippen LogP contribution in [0.3, 0.4) is 0 Å². The third kappa shape index (κ3) is 5.01. The van der Waals surface area contributed by atoms with Gasteiger partial charge in [0.1, 0.15) is 16.8 Å². The third-order valence-corrected chi connectivity index (χ3v) is 6.54. The van der Waals surface area contributed by atoms with E-state index in [-0.39, 0.29) is 11.7 Å². The average Bonchev–Trinajstić information content (AvgIpc) is 3.51. The minimum atomic E-state index is -0.371. The molecule has 2 heterocycles. The van der Waals surface area contributed by atoms with Gasteiger partial charge in [-0.25, -0.2) is 0 Å². The zero-order chi connectivity index (χ0) is 25.2. The molecule has 36 heavy (non-hydrogen) atoms. The third-order valence-electron chi connectivity index (χ3n) is 5.99. The summed E-state index contributed by atoms with van der Waals surface area (Å²) < 4.78 is 5.78. The van der Waals surface area contributed by atoms with Crippen LogP contribution < -0.4 is 5.32 Å². The molecule has 3 aromatic carbocycles. The van der Waals surface area contributed by atoms with E-state index in [9.17, 15) is 4.79 Å². The van der Waals surface area contributed by atoms with Gasteiger partial charge in [-0.05, 0) is 85.5 Å². The van der Waals surface area contributed by atoms with E-state index >= 15 is 0 Å². The van der Waals surface area contributed by atoms with Crippen LogP contribution in [0.4, 0.5) is 5.69 Å². The molecule has 6 nitrogen and oxygen atoms in total. The Hall–Kier alpha value is -3.61. The first-order valence-electron chi connectivity index (χ1n) is 11.7. The minimum absolute atomic E-state index is 0.169. The molecule has 0 atom stereocenters. The normalized spacial score (nSPS) is 11.2. The molecule has 0 aliphatic heterocycles. The summed E-state index contributed by atoms with van der Waals surface area (Å²) in [5.41, 5.74) is 5.78. The molecule has 5 rings (SSSR count). The highest BCUT2D eigenvalue weighted by atomic mass is 35.5. The van der Waals surface area contributed by atoms with Crippen molar-refractivity contribution in [3.63, 3.8) is 0 Å². The van der Waals surface area contributed by atoms with Crippen molar-refractivity contribution >= 4 is 45.8 Å². The van der Waals surface area contributed by atoms with Gasteiger partial charge in [0.15, 0.2) is 5.76 Å². The highest BCUT2D eigenvalue weighted by Gasteiger charge is 2.16. The van der Waals surface area contributed by atoms with Crippen LogP contribution in [-0.4, -0.2) is 20.9 Å². The van der Waals surface area contributed by atoms with Gasteiger partial charge in [-0.3, -0.25) is 4.79 Å². The van der Waals surface area contributed by atoms with Gasteiger partial charge in [0, 0.05) is 16.3 Å². The number of benzene rings is 3. The first-order valence-corrected chi connectivity index (χ1v) is 12.5. The lowest BCUT2D eigenvalue weighted by molar-refractivity contribution is 0.0997. The SMILES string of the molecule is CCCCc1ccc(-n2nc3cc(C)c(NC(=O)c4ccc(-c5ccc(Cl)cc5Cl)o4)cc3n2)cc1. The number of rotatable bonds is 7. The Kier molecular flexibility index (Phi) is 6.81. The molecule has 0 saturated heterocycles. The van der Waals surface area contributed by atoms with Crippen molar-refractivity contribution in [2.24, 2.45) is 0 Å². The van der Waals surface area contributed by atoms with E-state index in [1.54, 1.807) is 35.1 Å². The number of carbonyl (C=O) groups excluding carboxylic acids is 1. The molecule has 0 spiro atoms. The van der Waals surface area contributed by atoms with Gasteiger partial charge in [0.2, 0.25) is 0 Å². The largest absolute Gasteiger partial charge is 0.451 e. The van der Waals surface area contributed by atoms with Gasteiger partial charge >= 0.3 is 0 Å². The molecular formula is C28H24Cl2N4O2. The Bertz CT molecular complexity index is 1550. The van der Waals surface area contributed by atoms with E-state index in [0.717, 1.165) is 23.2 Å². The number of nitrogens with zero attached hydrogens (tertiary/aromatic N) is 3. The van der Waals surface area contributed by atoms with E-state index in [4.69, 9.17) is 27.6 Å². The number of furan rings is 1. The number of amides is 1. The molecule has 0 radical (unpaired) electrons. The summed E-state index contributed by atoms with van der Waals surface area (Å²) in [5, 5.41) is 13.1. The Balaban J connectivity index is 1.36. The monoisotopic (exact) mass is 518 g/mol. The van der Waals surface area contributed by atoms with Gasteiger partial charge in [-0.2, -0.15) is 4.80 Å². The molecule has 0 saturated carbocycles. The topological polar surface area (TPSA) is 73.0 Å². The van der Waals surface area contributed by atoms with E-state index < -0.39 is 0 Å². The van der Waals surface area contributed by atoms with Crippen molar-refractivity contribution < 1.29 is 9.21 Å². The fourth-order valence-corrected chi connectivity index (χ4v) is 4.47. The molecule has 0 aliphatic carbocycles. The van der Waals surface area contributed by atoms with Crippen LogP contribution >= 0.6 is 23.2 Å². The predicted molar refractivity (Wildman–Crippen MR) is 144 cm³/mol. The summed E-state index contributed by atoms with van der Waals surface area (Å²) in [6, 6.07) is 20.4. The molecule has 0 bridgehead atoms. The number of aryl methyl sites for hydroxylation is 2. The minimum Gasteiger partial charge on any atom is -0.451 e. The zero-order valence-electron chi connectivity index (χ0n) is 19.9. The lowest BCUT2D eigenvalue weighted by atomic mass is 10.1. The van der Waals surface area contributed by atoms with E-state index in [2.05, 4.69) is 34.6 Å². The summed E-state index contributed by atoms with van der Waals surface area (Å²) in [5.74, 6) is 0.281. The molecule has 1 amide bonds. The van der Waals surface area contributed by atoms with Gasteiger partial charge in [-0.15, -0.1) is 10.2 Å². The van der Waals surface area contributed by atoms with Crippen LogP contribution in [0.15, 0.2) is 71.1 Å². The smallest absolute Gasteiger partial charge is 0.291 e. The Labute approximate surface area is 218 Å². The highest BCUT2D eigenvalue weighted by molar-refractivity contribution is 6.36. The summed E-state index contributed by atoms with van der Waals surface area (Å²) in [6.45, 7) is 4.10. The quantitative estimate of drug-likeness (QED) is 0.237. The Morgan fingerprint density at radius 1 is 0.972 bits per heavy atom. The molecule has 0 aliphatic rings. The second kappa shape index (κ2) is 10.2. The summed E-state index contributed by atoms with van der Waals surface area (Å²) in [6.07, 6.45) is 3.41. The van der Waals surface area contributed by atoms with Crippen LogP contribution in [0.2, 0.25) is 10.0 Å². The van der Waals surface area contributed by atoms with E-state index in [1.165, 1.54) is 18.4 Å². The predicted octanol–water partition coefficient (Wildman–Crippen LogP) is 7.89. The van der Waals surface area contributed by atoms with Crippen LogP contribution in [-0.2, 0) is 6.42 Å². The number of carbonyl (C=O) groups is 1. The maximum Gasteiger partial charge on any atom is 0.291 e. The van der Waals surface area contributed by atoms with Crippen molar-refractivity contribution in [2.45, 2.75) is 33.1 Å². The molecule has 182 valence electrons. The van der Waals surface area contributed by atoms with Crippen LogP contribution in [0.1, 0.15) is 41.4 Å². The number of unbranched alkanes of at least 4 members (excludes halogenated alkanes) is 1. The first kappa shape index (κ1) is 24.1. The number of fused-ring (bicyclic) bond motifs is 1. The summed E-state index contributed by atoms with van der Waals surface area (Å²) in [4.78, 5) is 14.5. The van der Waals surface area contributed by atoms with Gasteiger partial charge in [-0.1, -0.05) is 48.7 Å². The number of halogens is 2. The number of hydrogen-bond donors (Lipinski definition) is 1. The lowest BCUT2D eigenvalue weighted by Crippen LogP contribution is -2.11. The van der Waals surface area contributed by atoms with Gasteiger partial charge < -0.3 is 9.73 Å². The standard InChI is InChI=1S/C28H24Cl2N4O2/c1-3-4-5-18-6-9-20(10-7-18)34-32-24-14-17(2)23(16-25(24)33-34)31-28(35)27-13-12-26(36-27)21-11-8-19(29)15-22(21)30/h6-16H,3-5H2,1-2H3,(H,31,35). The van der Waals surface area contributed by atoms with Crippen molar-refractivity contribution in [2.75, 3.05) is 5.32 Å². The number of hydrogen-bond acceptors (Lipinski definition) is 4. The number of anilines is 1. The molecule has 1 N–H and O–H groups in total. The molecule has 5 aromatic rings. The van der Waals surface area contributed by atoms with Crippen molar-refractivity contribution in [1.29, 1.82) is 0 Å². The summed E-state index contributed by atoms with van der Waals surface area (Å²) in [7, 11) is 0. The Morgan fingerprint density at radius 3 is 2.44 bits per heavy atom. The van der Waals surface area contributed by atoms with E-state index in [1.807, 2.05) is 31.2 Å². The molecule has 0 unspecified atom stereocenters. The second-order valence-electron chi connectivity index (χ2n) is 8.66. The second-order valence-corrected chi connectivity index (χ2v) is 9.50. The van der Waals surface area contributed by atoms with Crippen LogP contribution in [0, 0.1) is 6.92 Å². The molecule has 8 heteroatoms. The fourth-order valence-electron chi connectivity index (χ4n) is 3.97. The van der Waals surface area contributed by atoms with Crippen molar-refractivity contribution in [1.82, 2.24) is 15.0 Å². The van der Waals surface area contributed by atoms with Crippen LogP contribution in [0.5, 0.6) is 0 Å². The maximum atomic E-state index is 12.9.